The van der Waals surface area contributed by atoms with Gasteiger partial charge in [-0.05, 0) is 24.6 Å². The van der Waals surface area contributed by atoms with Gasteiger partial charge in [0.2, 0.25) is 0 Å². The second-order valence-electron chi connectivity index (χ2n) is 4.66. The zero-order valence-corrected chi connectivity index (χ0v) is 11.7. The number of hydrogen-bond donors (Lipinski definition) is 0. The predicted molar refractivity (Wildman–Crippen MR) is 78.9 cm³/mol. The van der Waals surface area contributed by atoms with Gasteiger partial charge in [-0.15, -0.1) is 10.2 Å². The van der Waals surface area contributed by atoms with Gasteiger partial charge in [0.15, 0.2) is 11.5 Å². The lowest BCUT2D eigenvalue weighted by atomic mass is 10.2. The number of fused-ring (bicyclic) bond motifs is 1. The molecule has 1 aromatic carbocycles. The number of benzene rings is 1. The lowest BCUT2D eigenvalue weighted by molar-refractivity contribution is 0.317. The van der Waals surface area contributed by atoms with Gasteiger partial charge in [0, 0.05) is 17.8 Å². The van der Waals surface area contributed by atoms with Crippen LogP contribution in [0.15, 0.2) is 42.6 Å². The monoisotopic (exact) mass is 278 g/mol. The average molecular weight is 278 g/mol. The molecule has 5 nitrogen and oxygen atoms in total. The summed E-state index contributed by atoms with van der Waals surface area (Å²) in [7, 11) is 0. The lowest BCUT2D eigenvalue weighted by Crippen LogP contribution is -1.95. The summed E-state index contributed by atoms with van der Waals surface area (Å²) in [5.41, 5.74) is 2.16. The third-order valence-electron chi connectivity index (χ3n) is 3.10. The Balaban J connectivity index is 2.02. The maximum atomic E-state index is 8.92. The summed E-state index contributed by atoms with van der Waals surface area (Å²) in [5, 5.41) is 17.2. The number of hydrogen-bond acceptors (Lipinski definition) is 4. The highest BCUT2D eigenvalue weighted by Gasteiger charge is 2.09. The quantitative estimate of drug-likeness (QED) is 0.735. The molecule has 0 atom stereocenters. The van der Waals surface area contributed by atoms with Gasteiger partial charge in [0.05, 0.1) is 18.2 Å². The van der Waals surface area contributed by atoms with Crippen molar-refractivity contribution < 1.29 is 4.74 Å². The first kappa shape index (κ1) is 13.1. The maximum absolute atomic E-state index is 8.92. The summed E-state index contributed by atoms with van der Waals surface area (Å²) < 4.78 is 7.50. The number of ether oxygens (including phenoxy) is 1. The Kier molecular flexibility index (Phi) is 3.52. The van der Waals surface area contributed by atoms with Gasteiger partial charge < -0.3 is 4.74 Å². The number of nitriles is 1. The van der Waals surface area contributed by atoms with Crippen molar-refractivity contribution in [2.75, 3.05) is 6.61 Å². The van der Waals surface area contributed by atoms with Crippen molar-refractivity contribution in [2.24, 2.45) is 0 Å². The molecule has 0 bridgehead atoms. The van der Waals surface area contributed by atoms with Gasteiger partial charge in [0.1, 0.15) is 5.75 Å². The Bertz CT molecular complexity index is 817. The van der Waals surface area contributed by atoms with E-state index in [0.717, 1.165) is 23.6 Å². The second-order valence-corrected chi connectivity index (χ2v) is 4.66. The molecule has 0 unspecified atom stereocenters. The molecule has 0 spiro atoms. The van der Waals surface area contributed by atoms with E-state index in [2.05, 4.69) is 23.2 Å². The highest BCUT2D eigenvalue weighted by molar-refractivity contribution is 5.62. The number of pyridine rings is 1. The van der Waals surface area contributed by atoms with Crippen LogP contribution in [0.5, 0.6) is 5.75 Å². The second kappa shape index (κ2) is 5.63. The summed E-state index contributed by atoms with van der Waals surface area (Å²) in [4.78, 5) is 0. The van der Waals surface area contributed by atoms with E-state index in [9.17, 15) is 0 Å². The van der Waals surface area contributed by atoms with E-state index in [1.807, 2.05) is 34.9 Å². The van der Waals surface area contributed by atoms with Crippen LogP contribution in [0.1, 0.15) is 18.9 Å². The molecule has 0 aliphatic rings. The molecule has 3 aromatic rings. The van der Waals surface area contributed by atoms with Crippen molar-refractivity contribution in [1.82, 2.24) is 14.6 Å². The molecule has 21 heavy (non-hydrogen) atoms. The van der Waals surface area contributed by atoms with E-state index in [1.54, 1.807) is 12.1 Å². The summed E-state index contributed by atoms with van der Waals surface area (Å²) in [6, 6.07) is 13.3. The Morgan fingerprint density at radius 3 is 2.95 bits per heavy atom. The van der Waals surface area contributed by atoms with Crippen LogP contribution in [0, 0.1) is 11.3 Å². The molecule has 0 fully saturated rings. The molecule has 3 rings (SSSR count). The molecular weight excluding hydrogens is 264 g/mol. The summed E-state index contributed by atoms with van der Waals surface area (Å²) >= 11 is 0. The maximum Gasteiger partial charge on any atom is 0.168 e. The van der Waals surface area contributed by atoms with Crippen LogP contribution in [0.3, 0.4) is 0 Å². The Labute approximate surface area is 122 Å². The van der Waals surface area contributed by atoms with E-state index in [1.165, 1.54) is 0 Å². The van der Waals surface area contributed by atoms with Gasteiger partial charge in [-0.25, -0.2) is 0 Å². The van der Waals surface area contributed by atoms with E-state index < -0.39 is 0 Å². The van der Waals surface area contributed by atoms with Gasteiger partial charge in [-0.1, -0.05) is 19.1 Å². The van der Waals surface area contributed by atoms with Crippen LogP contribution in [0.2, 0.25) is 0 Å². The molecule has 0 aliphatic heterocycles. The highest BCUT2D eigenvalue weighted by Crippen LogP contribution is 2.23. The van der Waals surface area contributed by atoms with E-state index >= 15 is 0 Å². The van der Waals surface area contributed by atoms with Crippen LogP contribution in [-0.2, 0) is 0 Å². The largest absolute Gasteiger partial charge is 0.494 e. The van der Waals surface area contributed by atoms with Crippen molar-refractivity contribution in [1.29, 1.82) is 5.26 Å². The molecular formula is C16H14N4O. The number of nitrogens with zero attached hydrogens (tertiary/aromatic N) is 4. The van der Waals surface area contributed by atoms with E-state index in [0.29, 0.717) is 17.8 Å². The molecule has 0 aliphatic carbocycles. The average Bonchev–Trinajstić information content (AvgIpc) is 2.96. The van der Waals surface area contributed by atoms with Crippen LogP contribution >= 0.6 is 0 Å². The highest BCUT2D eigenvalue weighted by atomic mass is 16.5. The molecule has 0 radical (unpaired) electrons. The van der Waals surface area contributed by atoms with E-state index in [-0.39, 0.29) is 0 Å². The first-order chi connectivity index (χ1) is 10.3. The van der Waals surface area contributed by atoms with Crippen LogP contribution in [-0.4, -0.2) is 21.2 Å². The zero-order chi connectivity index (χ0) is 14.7. The molecule has 5 heteroatoms. The standard InChI is InChI=1S/C16H14N4O/c1-2-8-21-14-5-3-4-13(10-14)16-19-18-15-9-12(11-17)6-7-20(15)16/h3-7,9-10H,2,8H2,1H3. The van der Waals surface area contributed by atoms with Crippen molar-refractivity contribution in [3.05, 3.63) is 48.2 Å². The van der Waals surface area contributed by atoms with Gasteiger partial charge in [-0.2, -0.15) is 5.26 Å². The van der Waals surface area contributed by atoms with Crippen molar-refractivity contribution in [3.8, 4) is 23.2 Å². The number of rotatable bonds is 4. The van der Waals surface area contributed by atoms with Crippen LogP contribution < -0.4 is 4.74 Å². The van der Waals surface area contributed by atoms with Gasteiger partial charge >= 0.3 is 0 Å². The fraction of sp³-hybridized carbons (Fsp3) is 0.188. The van der Waals surface area contributed by atoms with Crippen molar-refractivity contribution in [2.45, 2.75) is 13.3 Å². The third kappa shape index (κ3) is 2.56. The number of aromatic nitrogens is 3. The SMILES string of the molecule is CCCOc1cccc(-c2nnc3cc(C#N)ccn23)c1. The molecule has 104 valence electrons. The minimum absolute atomic E-state index is 0.571. The molecule has 2 aromatic heterocycles. The van der Waals surface area contributed by atoms with Gasteiger partial charge in [-0.3, -0.25) is 4.40 Å². The van der Waals surface area contributed by atoms with Crippen molar-refractivity contribution in [3.63, 3.8) is 0 Å². The Morgan fingerprint density at radius 1 is 1.24 bits per heavy atom. The van der Waals surface area contributed by atoms with Crippen LogP contribution in [0.4, 0.5) is 0 Å². The topological polar surface area (TPSA) is 63.2 Å². The normalized spacial score (nSPS) is 10.5. The van der Waals surface area contributed by atoms with E-state index in [4.69, 9.17) is 10.00 Å². The summed E-state index contributed by atoms with van der Waals surface area (Å²) in [6.07, 6.45) is 2.78. The smallest absolute Gasteiger partial charge is 0.168 e. The van der Waals surface area contributed by atoms with Crippen molar-refractivity contribution >= 4 is 5.65 Å². The minimum atomic E-state index is 0.571. The fourth-order valence-corrected chi connectivity index (χ4v) is 2.10. The molecule has 0 saturated carbocycles. The predicted octanol–water partition coefficient (Wildman–Crippen LogP) is 3.06. The Hall–Kier alpha value is -2.87. The fourth-order valence-electron chi connectivity index (χ4n) is 2.10. The molecule has 0 N–H and O–H groups in total. The Morgan fingerprint density at radius 2 is 2.14 bits per heavy atom. The minimum Gasteiger partial charge on any atom is -0.494 e. The van der Waals surface area contributed by atoms with Gasteiger partial charge in [0.25, 0.3) is 0 Å². The summed E-state index contributed by atoms with van der Waals surface area (Å²) in [5.74, 6) is 1.55. The lowest BCUT2D eigenvalue weighted by Gasteiger charge is -2.06. The first-order valence-electron chi connectivity index (χ1n) is 6.80. The molecule has 0 saturated heterocycles. The summed E-state index contributed by atoms with van der Waals surface area (Å²) in [6.45, 7) is 2.76. The van der Waals surface area contributed by atoms with Crippen LogP contribution in [0.25, 0.3) is 17.0 Å². The zero-order valence-electron chi connectivity index (χ0n) is 11.7. The first-order valence-corrected chi connectivity index (χ1v) is 6.80. The third-order valence-corrected chi connectivity index (χ3v) is 3.10. The molecule has 2 heterocycles. The molecule has 0 amide bonds.